The topological polar surface area (TPSA) is 116 Å². The van der Waals surface area contributed by atoms with E-state index >= 15 is 0 Å². The molecule has 1 fully saturated rings. The molecule has 1 aromatic heterocycles. The molecule has 9 nitrogen and oxygen atoms in total. The number of carbonyl (C=O) groups is 3. The Hall–Kier alpha value is -4.19. The van der Waals surface area contributed by atoms with Crippen LogP contribution in [0.1, 0.15) is 35.0 Å². The molecule has 2 atom stereocenters. The smallest absolute Gasteiger partial charge is 0.489 e. The molecule has 2 unspecified atom stereocenters. The van der Waals surface area contributed by atoms with Crippen LogP contribution < -0.4 is 15.5 Å². The van der Waals surface area contributed by atoms with Crippen molar-refractivity contribution in [1.82, 2.24) is 15.8 Å². The number of carbonyl (C=O) groups excluding carboxylic acids is 3. The van der Waals surface area contributed by atoms with E-state index in [1.807, 2.05) is 37.3 Å². The van der Waals surface area contributed by atoms with Crippen LogP contribution in [-0.2, 0) is 25.8 Å². The summed E-state index contributed by atoms with van der Waals surface area (Å²) in [5, 5.41) is 3.76. The number of halogens is 3. The van der Waals surface area contributed by atoms with E-state index in [0.717, 1.165) is 22.2 Å². The van der Waals surface area contributed by atoms with E-state index in [4.69, 9.17) is 9.47 Å². The number of hydrogen-bond donors (Lipinski definition) is 2. The summed E-state index contributed by atoms with van der Waals surface area (Å²) in [6, 6.07) is 16.1. The first kappa shape index (κ1) is 27.8. The van der Waals surface area contributed by atoms with Crippen molar-refractivity contribution < 1.29 is 41.9 Å². The average molecular weight is 546 g/mol. The second kappa shape index (κ2) is 11.3. The standard InChI is InChI=1S/C27H26F3N3O6/c1-16-13-19(21-5-3-4-6-22(21)31-16)14-38-20-9-7-18(8-10-20)24(35)32-26(11-12-37-15-26)17(2)23(34)33-39-25(36)27(28,29)30/h3-10,13,17H,11-12,14-15H2,1-2H3,(H,32,35)(H,33,34). The fourth-order valence-electron chi connectivity index (χ4n) is 4.30. The van der Waals surface area contributed by atoms with E-state index in [0.29, 0.717) is 12.4 Å². The number of fused-ring (bicyclic) bond motifs is 1. The fourth-order valence-corrected chi connectivity index (χ4v) is 4.30. The number of benzene rings is 2. The van der Waals surface area contributed by atoms with Crippen LogP contribution in [0.5, 0.6) is 5.75 Å². The number of amides is 2. The number of para-hydroxylation sites is 1. The molecule has 0 radical (unpaired) electrons. The van der Waals surface area contributed by atoms with Crippen LogP contribution >= 0.6 is 0 Å². The number of rotatable bonds is 7. The van der Waals surface area contributed by atoms with Gasteiger partial charge in [-0.3, -0.25) is 14.6 Å². The van der Waals surface area contributed by atoms with Crippen LogP contribution in [0.4, 0.5) is 13.2 Å². The predicted molar refractivity (Wildman–Crippen MR) is 132 cm³/mol. The SMILES string of the molecule is Cc1cc(COc2ccc(C(=O)NC3(C(C)C(=O)NOC(=O)C(F)(F)F)CCOC3)cc2)c2ccccc2n1. The third kappa shape index (κ3) is 6.45. The lowest BCUT2D eigenvalue weighted by atomic mass is 9.83. The third-order valence-corrected chi connectivity index (χ3v) is 6.55. The van der Waals surface area contributed by atoms with Gasteiger partial charge in [0.15, 0.2) is 0 Å². The third-order valence-electron chi connectivity index (χ3n) is 6.55. The zero-order valence-corrected chi connectivity index (χ0v) is 21.1. The zero-order chi connectivity index (χ0) is 28.2. The number of ether oxygens (including phenoxy) is 2. The van der Waals surface area contributed by atoms with Gasteiger partial charge in [0.1, 0.15) is 12.4 Å². The number of hydrogen-bond acceptors (Lipinski definition) is 7. The Morgan fingerprint density at radius 3 is 2.51 bits per heavy atom. The van der Waals surface area contributed by atoms with E-state index in [-0.39, 0.29) is 25.2 Å². The van der Waals surface area contributed by atoms with Crippen molar-refractivity contribution >= 4 is 28.7 Å². The summed E-state index contributed by atoms with van der Waals surface area (Å²) < 4.78 is 48.4. The van der Waals surface area contributed by atoms with E-state index in [1.54, 1.807) is 24.3 Å². The summed E-state index contributed by atoms with van der Waals surface area (Å²) in [6.07, 6.45) is -5.04. The fraction of sp³-hybridized carbons (Fsp3) is 0.333. The number of nitrogens with one attached hydrogen (secondary N) is 2. The van der Waals surface area contributed by atoms with Gasteiger partial charge >= 0.3 is 12.1 Å². The quantitative estimate of drug-likeness (QED) is 0.434. The highest BCUT2D eigenvalue weighted by Gasteiger charge is 2.46. The lowest BCUT2D eigenvalue weighted by molar-refractivity contribution is -0.208. The van der Waals surface area contributed by atoms with E-state index in [2.05, 4.69) is 15.1 Å². The van der Waals surface area contributed by atoms with Gasteiger partial charge in [-0.05, 0) is 49.7 Å². The molecule has 1 aliphatic rings. The maximum absolute atomic E-state index is 13.0. The van der Waals surface area contributed by atoms with Crippen LogP contribution in [0.2, 0.25) is 0 Å². The molecular weight excluding hydrogens is 519 g/mol. The molecule has 1 aliphatic heterocycles. The van der Waals surface area contributed by atoms with Gasteiger partial charge in [-0.25, -0.2) is 4.79 Å². The van der Waals surface area contributed by atoms with Gasteiger partial charge in [-0.2, -0.15) is 18.7 Å². The van der Waals surface area contributed by atoms with Gasteiger partial charge in [0, 0.05) is 28.8 Å². The van der Waals surface area contributed by atoms with Gasteiger partial charge in [-0.1, -0.05) is 25.1 Å². The van der Waals surface area contributed by atoms with Gasteiger partial charge < -0.3 is 19.6 Å². The van der Waals surface area contributed by atoms with Crippen molar-refractivity contribution in [2.24, 2.45) is 5.92 Å². The van der Waals surface area contributed by atoms with Crippen LogP contribution in [0.25, 0.3) is 10.9 Å². The Labute approximate surface area is 221 Å². The zero-order valence-electron chi connectivity index (χ0n) is 21.1. The van der Waals surface area contributed by atoms with Gasteiger partial charge in [-0.15, -0.1) is 0 Å². The number of aryl methyl sites for hydroxylation is 1. The van der Waals surface area contributed by atoms with Crippen molar-refractivity contribution in [2.75, 3.05) is 13.2 Å². The number of nitrogens with zero attached hydrogens (tertiary/aromatic N) is 1. The maximum atomic E-state index is 13.0. The van der Waals surface area contributed by atoms with E-state index < -0.39 is 35.4 Å². The number of pyridine rings is 1. The van der Waals surface area contributed by atoms with Crippen LogP contribution in [0.3, 0.4) is 0 Å². The molecule has 12 heteroatoms. The van der Waals surface area contributed by atoms with Crippen molar-refractivity contribution in [3.8, 4) is 5.75 Å². The highest BCUT2D eigenvalue weighted by atomic mass is 19.4. The van der Waals surface area contributed by atoms with Crippen LogP contribution in [0, 0.1) is 12.8 Å². The molecule has 2 aromatic carbocycles. The number of aromatic nitrogens is 1. The van der Waals surface area contributed by atoms with Gasteiger partial charge in [0.25, 0.3) is 11.8 Å². The highest BCUT2D eigenvalue weighted by Crippen LogP contribution is 2.29. The summed E-state index contributed by atoms with van der Waals surface area (Å²) in [4.78, 5) is 44.7. The van der Waals surface area contributed by atoms with Crippen LogP contribution in [-0.4, -0.2) is 47.7 Å². The van der Waals surface area contributed by atoms with E-state index in [1.165, 1.54) is 12.4 Å². The minimum Gasteiger partial charge on any atom is -0.489 e. The maximum Gasteiger partial charge on any atom is 0.493 e. The summed E-state index contributed by atoms with van der Waals surface area (Å²) in [5.41, 5.74) is 3.27. The van der Waals surface area contributed by atoms with E-state index in [9.17, 15) is 27.6 Å². The number of hydroxylamine groups is 1. The van der Waals surface area contributed by atoms with Crippen molar-refractivity contribution in [3.63, 3.8) is 0 Å². The first-order chi connectivity index (χ1) is 18.5. The Morgan fingerprint density at radius 1 is 1.13 bits per heavy atom. The van der Waals surface area contributed by atoms with Crippen molar-refractivity contribution in [1.29, 1.82) is 0 Å². The average Bonchev–Trinajstić information content (AvgIpc) is 3.38. The molecule has 0 saturated carbocycles. The Morgan fingerprint density at radius 2 is 1.85 bits per heavy atom. The summed E-state index contributed by atoms with van der Waals surface area (Å²) in [6.45, 7) is 3.76. The molecule has 3 aromatic rings. The molecule has 2 heterocycles. The molecule has 0 aliphatic carbocycles. The summed E-state index contributed by atoms with van der Waals surface area (Å²) in [7, 11) is 0. The highest BCUT2D eigenvalue weighted by molar-refractivity contribution is 5.95. The van der Waals surface area contributed by atoms with Gasteiger partial charge in [0.2, 0.25) is 0 Å². The second-order valence-electron chi connectivity index (χ2n) is 9.24. The Bertz CT molecular complexity index is 1370. The minimum absolute atomic E-state index is 0.0545. The molecule has 0 bridgehead atoms. The minimum atomic E-state index is -5.26. The molecule has 1 saturated heterocycles. The van der Waals surface area contributed by atoms with Crippen molar-refractivity contribution in [2.45, 2.75) is 38.6 Å². The monoisotopic (exact) mass is 545 g/mol. The Kier molecular flexibility index (Phi) is 8.05. The summed E-state index contributed by atoms with van der Waals surface area (Å²) in [5.74, 6) is -4.64. The lowest BCUT2D eigenvalue weighted by Crippen LogP contribution is -2.58. The molecule has 2 N–H and O–H groups in total. The predicted octanol–water partition coefficient (Wildman–Crippen LogP) is 3.78. The molecule has 39 heavy (non-hydrogen) atoms. The summed E-state index contributed by atoms with van der Waals surface area (Å²) >= 11 is 0. The second-order valence-corrected chi connectivity index (χ2v) is 9.24. The Balaban J connectivity index is 1.39. The molecule has 0 spiro atoms. The van der Waals surface area contributed by atoms with Crippen molar-refractivity contribution in [3.05, 3.63) is 71.4 Å². The largest absolute Gasteiger partial charge is 0.493 e. The molecule has 2 amide bonds. The normalized spacial score (nSPS) is 17.9. The lowest BCUT2D eigenvalue weighted by Gasteiger charge is -2.33. The molecular formula is C27H26F3N3O6. The first-order valence-electron chi connectivity index (χ1n) is 12.0. The number of alkyl halides is 3. The first-order valence-corrected chi connectivity index (χ1v) is 12.0. The molecule has 206 valence electrons. The molecule has 4 rings (SSSR count). The van der Waals surface area contributed by atoms with Gasteiger partial charge in [0.05, 0.1) is 23.6 Å². The van der Waals surface area contributed by atoms with Crippen LogP contribution in [0.15, 0.2) is 54.6 Å².